The summed E-state index contributed by atoms with van der Waals surface area (Å²) >= 11 is 0. The van der Waals surface area contributed by atoms with Crippen LogP contribution >= 0.6 is 0 Å². The van der Waals surface area contributed by atoms with Crippen molar-refractivity contribution in [2.75, 3.05) is 26.4 Å². The molecule has 2 saturated heterocycles. The maximum Gasteiger partial charge on any atom is 0.168 e. The first-order chi connectivity index (χ1) is 6.33. The predicted octanol–water partition coefficient (Wildman–Crippen LogP) is 1.32. The Bertz CT molecular complexity index is 192. The molecule has 2 heterocycles. The normalized spacial score (nSPS) is 35.1. The van der Waals surface area contributed by atoms with E-state index in [1.54, 1.807) is 0 Å². The third kappa shape index (κ3) is 1.22. The van der Waals surface area contributed by atoms with Gasteiger partial charge in [-0.25, -0.2) is 0 Å². The summed E-state index contributed by atoms with van der Waals surface area (Å²) in [4.78, 5) is 0. The van der Waals surface area contributed by atoms with Gasteiger partial charge >= 0.3 is 0 Å². The summed E-state index contributed by atoms with van der Waals surface area (Å²) in [6.07, 6.45) is 4.56. The molecule has 3 rings (SSSR count). The van der Waals surface area contributed by atoms with E-state index in [4.69, 9.17) is 14.2 Å². The van der Waals surface area contributed by atoms with Gasteiger partial charge in [-0.1, -0.05) is 0 Å². The fourth-order valence-electron chi connectivity index (χ4n) is 2.63. The molecule has 0 bridgehead atoms. The monoisotopic (exact) mass is 184 g/mol. The van der Waals surface area contributed by atoms with Gasteiger partial charge in [-0.15, -0.1) is 0 Å². The van der Waals surface area contributed by atoms with Gasteiger partial charge in [0.15, 0.2) is 5.79 Å². The van der Waals surface area contributed by atoms with Crippen molar-refractivity contribution in [1.82, 2.24) is 0 Å². The van der Waals surface area contributed by atoms with Crippen LogP contribution < -0.4 is 0 Å². The third-order valence-electron chi connectivity index (χ3n) is 3.70. The van der Waals surface area contributed by atoms with Crippen LogP contribution in [0.4, 0.5) is 0 Å². The molecule has 0 radical (unpaired) electrons. The Morgan fingerprint density at radius 3 is 1.85 bits per heavy atom. The molecule has 0 aromatic rings. The molecule has 0 aromatic heterocycles. The van der Waals surface area contributed by atoms with E-state index in [0.29, 0.717) is 5.41 Å². The smallest absolute Gasteiger partial charge is 0.168 e. The number of rotatable bonds is 0. The Morgan fingerprint density at radius 2 is 1.38 bits per heavy atom. The van der Waals surface area contributed by atoms with Crippen molar-refractivity contribution in [1.29, 1.82) is 0 Å². The first kappa shape index (κ1) is 8.21. The van der Waals surface area contributed by atoms with Crippen LogP contribution in [0.5, 0.6) is 0 Å². The second kappa shape index (κ2) is 2.69. The maximum absolute atomic E-state index is 5.68. The Labute approximate surface area is 78.3 Å². The molecule has 0 unspecified atom stereocenters. The highest BCUT2D eigenvalue weighted by molar-refractivity contribution is 4.94. The molecule has 3 aliphatic rings. The first-order valence-corrected chi connectivity index (χ1v) is 5.18. The Hall–Kier alpha value is -0.120. The molecule has 1 aliphatic carbocycles. The second-order valence-corrected chi connectivity index (χ2v) is 4.60. The molecule has 1 saturated carbocycles. The summed E-state index contributed by atoms with van der Waals surface area (Å²) in [6, 6.07) is 0. The van der Waals surface area contributed by atoms with E-state index in [1.165, 1.54) is 12.8 Å². The predicted molar refractivity (Wildman–Crippen MR) is 46.4 cm³/mol. The second-order valence-electron chi connectivity index (χ2n) is 4.60. The Balaban J connectivity index is 1.66. The van der Waals surface area contributed by atoms with E-state index < -0.39 is 0 Å². The van der Waals surface area contributed by atoms with Crippen LogP contribution in [0, 0.1) is 5.41 Å². The zero-order valence-electron chi connectivity index (χ0n) is 7.88. The molecular weight excluding hydrogens is 168 g/mol. The third-order valence-corrected chi connectivity index (χ3v) is 3.70. The fourth-order valence-corrected chi connectivity index (χ4v) is 2.63. The minimum Gasteiger partial charge on any atom is -0.380 e. The zero-order valence-corrected chi connectivity index (χ0v) is 7.88. The van der Waals surface area contributed by atoms with Gasteiger partial charge in [0.05, 0.1) is 26.4 Å². The summed E-state index contributed by atoms with van der Waals surface area (Å²) < 4.78 is 16.6. The Kier molecular flexibility index (Phi) is 1.70. The minimum absolute atomic E-state index is 0.194. The van der Waals surface area contributed by atoms with Crippen molar-refractivity contribution in [3.63, 3.8) is 0 Å². The minimum atomic E-state index is -0.194. The largest absolute Gasteiger partial charge is 0.380 e. The van der Waals surface area contributed by atoms with Gasteiger partial charge < -0.3 is 14.2 Å². The van der Waals surface area contributed by atoms with Crippen molar-refractivity contribution < 1.29 is 14.2 Å². The lowest BCUT2D eigenvalue weighted by Crippen LogP contribution is -2.49. The molecular formula is C10H16O3. The number of hydrogen-bond donors (Lipinski definition) is 0. The average Bonchev–Trinajstić information content (AvgIpc) is 2.53. The molecule has 13 heavy (non-hydrogen) atoms. The summed E-state index contributed by atoms with van der Waals surface area (Å²) in [5, 5.41) is 0. The quantitative estimate of drug-likeness (QED) is 0.568. The summed E-state index contributed by atoms with van der Waals surface area (Å²) in [7, 11) is 0. The van der Waals surface area contributed by atoms with Crippen LogP contribution in [0.3, 0.4) is 0 Å². The van der Waals surface area contributed by atoms with Crippen LogP contribution in [0.15, 0.2) is 0 Å². The van der Waals surface area contributed by atoms with Crippen LogP contribution in [0.25, 0.3) is 0 Å². The van der Waals surface area contributed by atoms with E-state index >= 15 is 0 Å². The van der Waals surface area contributed by atoms with Gasteiger partial charge in [-0.05, 0) is 12.8 Å². The van der Waals surface area contributed by atoms with Gasteiger partial charge in [0.25, 0.3) is 0 Å². The standard InChI is InChI=1S/C10H16O3/c1-3-10(12-5-6-13-10)4-2-9(1)7-11-8-9/h1-8H2. The SMILES string of the molecule is C1COC2(CCC3(CC2)COC3)O1. The van der Waals surface area contributed by atoms with E-state index in [2.05, 4.69) is 0 Å². The van der Waals surface area contributed by atoms with Gasteiger partial charge in [0, 0.05) is 18.3 Å². The first-order valence-electron chi connectivity index (χ1n) is 5.18. The van der Waals surface area contributed by atoms with Gasteiger partial charge in [-0.3, -0.25) is 0 Å². The van der Waals surface area contributed by atoms with E-state index in [-0.39, 0.29) is 5.79 Å². The van der Waals surface area contributed by atoms with Crippen molar-refractivity contribution in [2.45, 2.75) is 31.5 Å². The zero-order chi connectivity index (χ0) is 8.78. The number of hydrogen-bond acceptors (Lipinski definition) is 3. The van der Waals surface area contributed by atoms with Gasteiger partial charge in [-0.2, -0.15) is 0 Å². The molecule has 3 nitrogen and oxygen atoms in total. The molecule has 0 N–H and O–H groups in total. The highest BCUT2D eigenvalue weighted by atomic mass is 16.7. The molecule has 74 valence electrons. The molecule has 3 heteroatoms. The van der Waals surface area contributed by atoms with Crippen LogP contribution in [-0.2, 0) is 14.2 Å². The van der Waals surface area contributed by atoms with Crippen LogP contribution in [0.2, 0.25) is 0 Å². The van der Waals surface area contributed by atoms with E-state index in [9.17, 15) is 0 Å². The highest BCUT2D eigenvalue weighted by Crippen LogP contribution is 2.48. The molecule has 2 aliphatic heterocycles. The van der Waals surface area contributed by atoms with Crippen LogP contribution in [0.1, 0.15) is 25.7 Å². The molecule has 0 amide bonds. The topological polar surface area (TPSA) is 27.7 Å². The average molecular weight is 184 g/mol. The van der Waals surface area contributed by atoms with Crippen LogP contribution in [-0.4, -0.2) is 32.2 Å². The van der Waals surface area contributed by atoms with Crippen molar-refractivity contribution in [3.05, 3.63) is 0 Å². The molecule has 3 fully saturated rings. The Morgan fingerprint density at radius 1 is 0.769 bits per heavy atom. The lowest BCUT2D eigenvalue weighted by molar-refractivity contribution is -0.224. The fraction of sp³-hybridized carbons (Fsp3) is 1.00. The van der Waals surface area contributed by atoms with Crippen molar-refractivity contribution in [3.8, 4) is 0 Å². The molecule has 0 aromatic carbocycles. The summed E-state index contributed by atoms with van der Waals surface area (Å²) in [5.41, 5.74) is 0.501. The molecule has 0 atom stereocenters. The van der Waals surface area contributed by atoms with Crippen molar-refractivity contribution in [2.24, 2.45) is 5.41 Å². The number of ether oxygens (including phenoxy) is 3. The van der Waals surface area contributed by atoms with E-state index in [0.717, 1.165) is 39.3 Å². The van der Waals surface area contributed by atoms with Crippen molar-refractivity contribution >= 4 is 0 Å². The lowest BCUT2D eigenvalue weighted by Gasteiger charge is -2.48. The van der Waals surface area contributed by atoms with Gasteiger partial charge in [0.1, 0.15) is 0 Å². The maximum atomic E-state index is 5.68. The summed E-state index contributed by atoms with van der Waals surface area (Å²) in [6.45, 7) is 3.49. The lowest BCUT2D eigenvalue weighted by atomic mass is 9.70. The van der Waals surface area contributed by atoms with Gasteiger partial charge in [0.2, 0.25) is 0 Å². The molecule has 2 spiro atoms. The highest BCUT2D eigenvalue weighted by Gasteiger charge is 2.49. The summed E-state index contributed by atoms with van der Waals surface area (Å²) in [5.74, 6) is -0.194. The van der Waals surface area contributed by atoms with E-state index in [1.807, 2.05) is 0 Å².